The standard InChI is InChI=1S/C22H26N2O4S/c1-16(2)24(17-10-6-5-7-11-17)20(25)14-28-22(27)18-12-8-9-13-19(18)29-15-21(26)23(3)4/h5-13,16H,14-15H2,1-4H3. The molecular formula is C22H26N2O4S. The van der Waals surface area contributed by atoms with E-state index in [0.29, 0.717) is 10.5 Å². The van der Waals surface area contributed by atoms with Gasteiger partial charge in [0.05, 0.1) is 11.3 Å². The molecule has 0 spiro atoms. The minimum Gasteiger partial charge on any atom is -0.452 e. The van der Waals surface area contributed by atoms with Gasteiger partial charge in [0, 0.05) is 30.7 Å². The minimum absolute atomic E-state index is 0.0521. The Labute approximate surface area is 175 Å². The fourth-order valence-electron chi connectivity index (χ4n) is 2.62. The average Bonchev–Trinajstić information content (AvgIpc) is 2.71. The highest BCUT2D eigenvalue weighted by atomic mass is 32.2. The van der Waals surface area contributed by atoms with Crippen LogP contribution >= 0.6 is 11.8 Å². The number of carbonyl (C=O) groups excluding carboxylic acids is 3. The molecule has 2 aromatic carbocycles. The van der Waals surface area contributed by atoms with Crippen LogP contribution in [0.25, 0.3) is 0 Å². The molecule has 0 aromatic heterocycles. The molecule has 0 radical (unpaired) electrons. The van der Waals surface area contributed by atoms with Crippen LogP contribution in [0.15, 0.2) is 59.5 Å². The van der Waals surface area contributed by atoms with Gasteiger partial charge in [-0.05, 0) is 38.1 Å². The maximum absolute atomic E-state index is 12.7. The number of hydrogen-bond donors (Lipinski definition) is 0. The molecule has 0 N–H and O–H groups in total. The Morgan fingerprint density at radius 2 is 1.55 bits per heavy atom. The van der Waals surface area contributed by atoms with Crippen LogP contribution < -0.4 is 4.90 Å². The van der Waals surface area contributed by atoms with E-state index >= 15 is 0 Å². The van der Waals surface area contributed by atoms with Gasteiger partial charge >= 0.3 is 5.97 Å². The summed E-state index contributed by atoms with van der Waals surface area (Å²) < 4.78 is 5.30. The molecule has 0 heterocycles. The average molecular weight is 415 g/mol. The van der Waals surface area contributed by atoms with E-state index in [1.807, 2.05) is 44.2 Å². The van der Waals surface area contributed by atoms with Gasteiger partial charge < -0.3 is 14.5 Å². The topological polar surface area (TPSA) is 66.9 Å². The van der Waals surface area contributed by atoms with E-state index < -0.39 is 5.97 Å². The lowest BCUT2D eigenvalue weighted by molar-refractivity contribution is -0.126. The molecule has 0 saturated carbocycles. The first-order valence-corrected chi connectivity index (χ1v) is 10.3. The first kappa shape index (κ1) is 22.5. The fourth-order valence-corrected chi connectivity index (χ4v) is 3.64. The molecule has 6 nitrogen and oxygen atoms in total. The normalized spacial score (nSPS) is 10.5. The smallest absolute Gasteiger partial charge is 0.339 e. The summed E-state index contributed by atoms with van der Waals surface area (Å²) in [5.41, 5.74) is 1.09. The lowest BCUT2D eigenvalue weighted by Gasteiger charge is -2.26. The third kappa shape index (κ3) is 6.35. The fraction of sp³-hybridized carbons (Fsp3) is 0.318. The van der Waals surface area contributed by atoms with E-state index in [4.69, 9.17) is 4.74 Å². The van der Waals surface area contributed by atoms with Gasteiger partial charge in [-0.1, -0.05) is 30.3 Å². The number of amides is 2. The molecule has 0 bridgehead atoms. The molecule has 154 valence electrons. The number of ether oxygens (including phenoxy) is 1. The Morgan fingerprint density at radius 1 is 0.931 bits per heavy atom. The predicted octanol–water partition coefficient (Wildman–Crippen LogP) is 3.47. The molecule has 2 amide bonds. The Bertz CT molecular complexity index is 853. The molecule has 0 atom stereocenters. The molecular weight excluding hydrogens is 388 g/mol. The largest absolute Gasteiger partial charge is 0.452 e. The maximum atomic E-state index is 12.7. The second-order valence-corrected chi connectivity index (χ2v) is 7.86. The van der Waals surface area contributed by atoms with Gasteiger partial charge in [-0.15, -0.1) is 11.8 Å². The zero-order valence-electron chi connectivity index (χ0n) is 17.1. The monoisotopic (exact) mass is 414 g/mol. The third-order valence-electron chi connectivity index (χ3n) is 4.10. The summed E-state index contributed by atoms with van der Waals surface area (Å²) in [5.74, 6) is -0.725. The number of benzene rings is 2. The summed E-state index contributed by atoms with van der Waals surface area (Å²) in [5, 5.41) is 0. The Morgan fingerprint density at radius 3 is 2.17 bits per heavy atom. The highest BCUT2D eigenvalue weighted by Crippen LogP contribution is 2.24. The van der Waals surface area contributed by atoms with E-state index in [-0.39, 0.29) is 30.2 Å². The SMILES string of the molecule is CC(C)N(C(=O)COC(=O)c1ccccc1SCC(=O)N(C)C)c1ccccc1. The number of anilines is 1. The number of rotatable bonds is 8. The molecule has 0 aliphatic carbocycles. The van der Waals surface area contributed by atoms with Crippen molar-refractivity contribution in [2.75, 3.05) is 31.4 Å². The van der Waals surface area contributed by atoms with Crippen LogP contribution in [0.5, 0.6) is 0 Å². The molecule has 7 heteroatoms. The lowest BCUT2D eigenvalue weighted by Crippen LogP contribution is -2.39. The summed E-state index contributed by atoms with van der Waals surface area (Å²) in [6.45, 7) is 3.45. The molecule has 2 rings (SSSR count). The second-order valence-electron chi connectivity index (χ2n) is 6.84. The van der Waals surface area contributed by atoms with Gasteiger partial charge in [0.15, 0.2) is 6.61 Å². The van der Waals surface area contributed by atoms with Crippen molar-refractivity contribution in [3.05, 3.63) is 60.2 Å². The van der Waals surface area contributed by atoms with Crippen LogP contribution in [0.4, 0.5) is 5.69 Å². The van der Waals surface area contributed by atoms with Crippen molar-refractivity contribution >= 4 is 35.2 Å². The zero-order chi connectivity index (χ0) is 21.4. The molecule has 0 aliphatic rings. The van der Waals surface area contributed by atoms with Crippen molar-refractivity contribution in [2.45, 2.75) is 24.8 Å². The van der Waals surface area contributed by atoms with Crippen LogP contribution in [0.2, 0.25) is 0 Å². The van der Waals surface area contributed by atoms with Gasteiger partial charge in [-0.25, -0.2) is 4.79 Å². The maximum Gasteiger partial charge on any atom is 0.339 e. The van der Waals surface area contributed by atoms with Gasteiger partial charge in [0.1, 0.15) is 0 Å². The van der Waals surface area contributed by atoms with Crippen molar-refractivity contribution < 1.29 is 19.1 Å². The van der Waals surface area contributed by atoms with Crippen LogP contribution in [0.1, 0.15) is 24.2 Å². The van der Waals surface area contributed by atoms with Crippen LogP contribution in [0, 0.1) is 0 Å². The molecule has 0 fully saturated rings. The van der Waals surface area contributed by atoms with Gasteiger partial charge in [0.25, 0.3) is 5.91 Å². The number of thioether (sulfide) groups is 1. The zero-order valence-corrected chi connectivity index (χ0v) is 17.9. The highest BCUT2D eigenvalue weighted by Gasteiger charge is 2.22. The van der Waals surface area contributed by atoms with E-state index in [2.05, 4.69) is 0 Å². The summed E-state index contributed by atoms with van der Waals surface area (Å²) >= 11 is 1.27. The number of esters is 1. The number of carbonyl (C=O) groups is 3. The Balaban J connectivity index is 2.05. The molecule has 0 unspecified atom stereocenters. The number of hydrogen-bond acceptors (Lipinski definition) is 5. The first-order valence-electron chi connectivity index (χ1n) is 9.27. The van der Waals surface area contributed by atoms with Crippen molar-refractivity contribution in [3.63, 3.8) is 0 Å². The van der Waals surface area contributed by atoms with Gasteiger partial charge in [-0.3, -0.25) is 9.59 Å². The summed E-state index contributed by atoms with van der Waals surface area (Å²) in [4.78, 5) is 40.8. The summed E-state index contributed by atoms with van der Waals surface area (Å²) in [7, 11) is 3.36. The Kier molecular flexibility index (Phi) is 8.27. The van der Waals surface area contributed by atoms with Gasteiger partial charge in [0.2, 0.25) is 5.91 Å². The quantitative estimate of drug-likeness (QED) is 0.489. The van der Waals surface area contributed by atoms with E-state index in [0.717, 1.165) is 5.69 Å². The lowest BCUT2D eigenvalue weighted by atomic mass is 10.2. The number of para-hydroxylation sites is 1. The van der Waals surface area contributed by atoms with Crippen molar-refractivity contribution in [2.24, 2.45) is 0 Å². The van der Waals surface area contributed by atoms with E-state index in [1.54, 1.807) is 43.3 Å². The van der Waals surface area contributed by atoms with E-state index in [9.17, 15) is 14.4 Å². The molecule has 0 saturated heterocycles. The first-order chi connectivity index (χ1) is 13.8. The molecule has 29 heavy (non-hydrogen) atoms. The van der Waals surface area contributed by atoms with Crippen molar-refractivity contribution in [1.29, 1.82) is 0 Å². The molecule has 0 aliphatic heterocycles. The predicted molar refractivity (Wildman–Crippen MR) is 115 cm³/mol. The van der Waals surface area contributed by atoms with Crippen LogP contribution in [-0.2, 0) is 14.3 Å². The van der Waals surface area contributed by atoms with Crippen molar-refractivity contribution in [3.8, 4) is 0 Å². The number of nitrogens with zero attached hydrogens (tertiary/aromatic N) is 2. The molecule has 2 aromatic rings. The highest BCUT2D eigenvalue weighted by molar-refractivity contribution is 8.00. The van der Waals surface area contributed by atoms with Crippen LogP contribution in [0.3, 0.4) is 0 Å². The van der Waals surface area contributed by atoms with E-state index in [1.165, 1.54) is 16.7 Å². The summed E-state index contributed by atoms with van der Waals surface area (Å²) in [6, 6.07) is 16.1. The van der Waals surface area contributed by atoms with Gasteiger partial charge in [-0.2, -0.15) is 0 Å². The van der Waals surface area contributed by atoms with Crippen LogP contribution in [-0.4, -0.2) is 55.2 Å². The summed E-state index contributed by atoms with van der Waals surface area (Å²) in [6.07, 6.45) is 0. The Hall–Kier alpha value is -2.80. The third-order valence-corrected chi connectivity index (χ3v) is 5.16. The minimum atomic E-state index is -0.587. The second kappa shape index (κ2) is 10.7. The van der Waals surface area contributed by atoms with Crippen molar-refractivity contribution in [1.82, 2.24) is 4.90 Å².